The predicted molar refractivity (Wildman–Crippen MR) is 87.5 cm³/mol. The van der Waals surface area contributed by atoms with Crippen LogP contribution in [-0.2, 0) is 0 Å². The van der Waals surface area contributed by atoms with Gasteiger partial charge >= 0.3 is 0 Å². The van der Waals surface area contributed by atoms with E-state index in [1.54, 1.807) is 7.11 Å². The molecule has 0 radical (unpaired) electrons. The van der Waals surface area contributed by atoms with E-state index < -0.39 is 0 Å². The number of carbonyl (C=O) groups is 1. The molecule has 1 fully saturated rings. The molecular weight excluding hydrogens is 290 g/mol. The van der Waals surface area contributed by atoms with E-state index in [9.17, 15) is 4.79 Å². The van der Waals surface area contributed by atoms with Gasteiger partial charge in [0.1, 0.15) is 5.75 Å². The summed E-state index contributed by atoms with van der Waals surface area (Å²) < 4.78 is 5.27. The molecule has 1 aliphatic rings. The third-order valence-electron chi connectivity index (χ3n) is 4.35. The van der Waals surface area contributed by atoms with Crippen LogP contribution in [0.1, 0.15) is 28.6 Å². The molecule has 4 rings (SSSR count). The Bertz CT molecular complexity index is 838. The van der Waals surface area contributed by atoms with Crippen molar-refractivity contribution < 1.29 is 9.53 Å². The molecule has 1 aliphatic heterocycles. The Hall–Kier alpha value is -2.82. The minimum atomic E-state index is -0.0553. The first-order valence-electron chi connectivity index (χ1n) is 7.66. The van der Waals surface area contributed by atoms with E-state index in [1.165, 1.54) is 0 Å². The second-order valence-electron chi connectivity index (χ2n) is 5.68. The van der Waals surface area contributed by atoms with Crippen molar-refractivity contribution in [3.05, 3.63) is 59.9 Å². The molecule has 0 aliphatic carbocycles. The second-order valence-corrected chi connectivity index (χ2v) is 5.68. The maximum absolute atomic E-state index is 12.7. The number of amides is 1. The van der Waals surface area contributed by atoms with Gasteiger partial charge in [0.05, 0.1) is 24.2 Å². The number of H-pyrrole nitrogens is 1. The van der Waals surface area contributed by atoms with Gasteiger partial charge in [0.2, 0.25) is 0 Å². The van der Waals surface area contributed by atoms with Crippen LogP contribution >= 0.6 is 0 Å². The number of carbonyl (C=O) groups excluding carboxylic acids is 1. The number of methoxy groups -OCH3 is 1. The van der Waals surface area contributed by atoms with Crippen molar-refractivity contribution in [2.45, 2.75) is 12.5 Å². The number of hydrogen-bond acceptors (Lipinski definition) is 3. The van der Waals surface area contributed by atoms with E-state index in [0.717, 1.165) is 35.3 Å². The summed E-state index contributed by atoms with van der Waals surface area (Å²) in [6.45, 7) is 0.748. The third kappa shape index (κ3) is 2.34. The number of aromatic nitrogens is 2. The number of nitrogens with zero attached hydrogens (tertiary/aromatic N) is 2. The van der Waals surface area contributed by atoms with E-state index in [2.05, 4.69) is 9.97 Å². The quantitative estimate of drug-likeness (QED) is 0.808. The lowest BCUT2D eigenvalue weighted by atomic mass is 9.94. The molecule has 1 amide bonds. The maximum atomic E-state index is 12.7. The zero-order valence-corrected chi connectivity index (χ0v) is 12.8. The Morgan fingerprint density at radius 2 is 2.13 bits per heavy atom. The average Bonchev–Trinajstić information content (AvgIpc) is 2.98. The summed E-state index contributed by atoms with van der Waals surface area (Å²) in [4.78, 5) is 22.1. The lowest BCUT2D eigenvalue weighted by Gasteiger charge is -2.40. The van der Waals surface area contributed by atoms with Crippen molar-refractivity contribution >= 4 is 16.9 Å². The van der Waals surface area contributed by atoms with Crippen LogP contribution in [0.15, 0.2) is 48.5 Å². The standard InChI is InChI=1S/C18H17N3O2/c1-23-13-6-4-5-12(11-13)16-9-10-21(16)18(22)17-19-14-7-2-3-8-15(14)20-17/h2-8,11,16H,9-10H2,1H3,(H,19,20). The number of fused-ring (bicyclic) bond motifs is 1. The first-order chi connectivity index (χ1) is 11.3. The highest BCUT2D eigenvalue weighted by atomic mass is 16.5. The van der Waals surface area contributed by atoms with Crippen molar-refractivity contribution in [2.75, 3.05) is 13.7 Å². The Morgan fingerprint density at radius 1 is 1.26 bits per heavy atom. The number of hydrogen-bond donors (Lipinski definition) is 1. The fourth-order valence-corrected chi connectivity index (χ4v) is 3.02. The van der Waals surface area contributed by atoms with E-state index in [1.807, 2.05) is 53.4 Å². The Labute approximate surface area is 133 Å². The van der Waals surface area contributed by atoms with Crippen molar-refractivity contribution in [3.8, 4) is 5.75 Å². The normalized spacial score (nSPS) is 17.1. The molecule has 0 spiro atoms. The molecule has 0 bridgehead atoms. The summed E-state index contributed by atoms with van der Waals surface area (Å²) in [6, 6.07) is 15.6. The van der Waals surface area contributed by atoms with Crippen LogP contribution in [0.25, 0.3) is 11.0 Å². The molecule has 1 N–H and O–H groups in total. The highest BCUT2D eigenvalue weighted by Crippen LogP contribution is 2.35. The number of likely N-dealkylation sites (tertiary alicyclic amines) is 1. The van der Waals surface area contributed by atoms with Gasteiger partial charge < -0.3 is 14.6 Å². The number of rotatable bonds is 3. The van der Waals surface area contributed by atoms with Crippen LogP contribution < -0.4 is 4.74 Å². The van der Waals surface area contributed by atoms with E-state index in [4.69, 9.17) is 4.74 Å². The topological polar surface area (TPSA) is 58.2 Å². The lowest BCUT2D eigenvalue weighted by molar-refractivity contribution is 0.0448. The Balaban J connectivity index is 1.60. The number of benzene rings is 2. The minimum absolute atomic E-state index is 0.0553. The first kappa shape index (κ1) is 13.8. The highest BCUT2D eigenvalue weighted by Gasteiger charge is 2.35. The van der Waals surface area contributed by atoms with Gasteiger partial charge in [-0.2, -0.15) is 0 Å². The fraction of sp³-hybridized carbons (Fsp3) is 0.222. The third-order valence-corrected chi connectivity index (χ3v) is 4.35. The van der Waals surface area contributed by atoms with Crippen LogP contribution in [0.3, 0.4) is 0 Å². The summed E-state index contributed by atoms with van der Waals surface area (Å²) >= 11 is 0. The van der Waals surface area contributed by atoms with Crippen molar-refractivity contribution in [2.24, 2.45) is 0 Å². The van der Waals surface area contributed by atoms with Gasteiger partial charge in [-0.25, -0.2) is 4.98 Å². The van der Waals surface area contributed by atoms with Crippen molar-refractivity contribution in [3.63, 3.8) is 0 Å². The van der Waals surface area contributed by atoms with Crippen LogP contribution in [0.2, 0.25) is 0 Å². The first-order valence-corrected chi connectivity index (χ1v) is 7.66. The smallest absolute Gasteiger partial charge is 0.290 e. The zero-order valence-electron chi connectivity index (χ0n) is 12.8. The van der Waals surface area contributed by atoms with Crippen LogP contribution in [0.4, 0.5) is 0 Å². The van der Waals surface area contributed by atoms with E-state index in [-0.39, 0.29) is 11.9 Å². The van der Waals surface area contributed by atoms with Gasteiger partial charge in [-0.1, -0.05) is 24.3 Å². The molecule has 5 heteroatoms. The van der Waals surface area contributed by atoms with Gasteiger partial charge in [-0.15, -0.1) is 0 Å². The molecule has 3 aromatic rings. The summed E-state index contributed by atoms with van der Waals surface area (Å²) in [5, 5.41) is 0. The monoisotopic (exact) mass is 307 g/mol. The van der Waals surface area contributed by atoms with Gasteiger partial charge in [-0.3, -0.25) is 4.79 Å². The SMILES string of the molecule is COc1cccc(C2CCN2C(=O)c2nc3ccccc3[nH]2)c1. The molecule has 2 aromatic carbocycles. The number of nitrogens with one attached hydrogen (secondary N) is 1. The molecule has 1 atom stereocenters. The van der Waals surface area contributed by atoms with Crippen LogP contribution in [0.5, 0.6) is 5.75 Å². The molecule has 1 aromatic heterocycles. The van der Waals surface area contributed by atoms with Gasteiger partial charge in [0, 0.05) is 6.54 Å². The largest absolute Gasteiger partial charge is 0.497 e. The molecule has 2 heterocycles. The summed E-state index contributed by atoms with van der Waals surface area (Å²) in [7, 11) is 1.65. The molecule has 116 valence electrons. The van der Waals surface area contributed by atoms with Gasteiger partial charge in [0.25, 0.3) is 5.91 Å². The summed E-state index contributed by atoms with van der Waals surface area (Å²) in [5.74, 6) is 1.16. The Kier molecular flexibility index (Phi) is 3.26. The lowest BCUT2D eigenvalue weighted by Crippen LogP contribution is -2.45. The van der Waals surface area contributed by atoms with E-state index in [0.29, 0.717) is 5.82 Å². The average molecular weight is 307 g/mol. The molecular formula is C18H17N3O2. The molecule has 1 saturated heterocycles. The summed E-state index contributed by atoms with van der Waals surface area (Å²) in [5.41, 5.74) is 2.80. The highest BCUT2D eigenvalue weighted by molar-refractivity contribution is 5.94. The number of aromatic amines is 1. The number of para-hydroxylation sites is 2. The molecule has 5 nitrogen and oxygen atoms in total. The second kappa shape index (κ2) is 5.43. The van der Waals surface area contributed by atoms with Crippen molar-refractivity contribution in [1.29, 1.82) is 0 Å². The maximum Gasteiger partial charge on any atom is 0.290 e. The molecule has 0 saturated carbocycles. The molecule has 23 heavy (non-hydrogen) atoms. The van der Waals surface area contributed by atoms with Crippen LogP contribution in [0, 0.1) is 0 Å². The number of ether oxygens (including phenoxy) is 1. The molecule has 1 unspecified atom stereocenters. The minimum Gasteiger partial charge on any atom is -0.497 e. The van der Waals surface area contributed by atoms with Crippen LogP contribution in [-0.4, -0.2) is 34.4 Å². The predicted octanol–water partition coefficient (Wildman–Crippen LogP) is 3.16. The van der Waals surface area contributed by atoms with Crippen molar-refractivity contribution in [1.82, 2.24) is 14.9 Å². The number of imidazole rings is 1. The zero-order chi connectivity index (χ0) is 15.8. The van der Waals surface area contributed by atoms with E-state index >= 15 is 0 Å². The Morgan fingerprint density at radius 3 is 2.87 bits per heavy atom. The van der Waals surface area contributed by atoms with Gasteiger partial charge in [-0.05, 0) is 36.2 Å². The fourth-order valence-electron chi connectivity index (χ4n) is 3.02. The summed E-state index contributed by atoms with van der Waals surface area (Å²) in [6.07, 6.45) is 0.957. The van der Waals surface area contributed by atoms with Gasteiger partial charge in [0.15, 0.2) is 5.82 Å².